The number of ether oxygens (including phenoxy) is 1. The minimum Gasteiger partial charge on any atom is -0.378 e. The summed E-state index contributed by atoms with van der Waals surface area (Å²) in [6.07, 6.45) is 5.14. The van der Waals surface area contributed by atoms with E-state index in [2.05, 4.69) is 49.2 Å². The molecule has 0 aromatic carbocycles. The lowest BCUT2D eigenvalue weighted by molar-refractivity contribution is 0.108. The van der Waals surface area contributed by atoms with E-state index in [9.17, 15) is 0 Å². The molecule has 114 valence electrons. The van der Waals surface area contributed by atoms with E-state index in [4.69, 9.17) is 4.74 Å². The van der Waals surface area contributed by atoms with Gasteiger partial charge in [0.15, 0.2) is 5.82 Å². The number of anilines is 1. The first-order valence-corrected chi connectivity index (χ1v) is 7.65. The molecule has 2 aromatic heterocycles. The highest BCUT2D eigenvalue weighted by Crippen LogP contribution is 2.25. The fraction of sp³-hybridized carbons (Fsp3) is 0.625. The molecule has 1 N–H and O–H groups in total. The van der Waals surface area contributed by atoms with Crippen LogP contribution >= 0.6 is 0 Å². The van der Waals surface area contributed by atoms with Crippen LogP contribution in [0.3, 0.4) is 0 Å². The third-order valence-electron chi connectivity index (χ3n) is 4.22. The number of hydrogen-bond acceptors (Lipinski definition) is 4. The highest BCUT2D eigenvalue weighted by atomic mass is 16.5. The molecule has 3 rings (SSSR count). The van der Waals surface area contributed by atoms with Crippen molar-refractivity contribution in [3.05, 3.63) is 24.2 Å². The molecular weight excluding hydrogens is 264 g/mol. The molecule has 5 heteroatoms. The smallest absolute Gasteiger partial charge is 0.152 e. The second kappa shape index (κ2) is 5.30. The van der Waals surface area contributed by atoms with Gasteiger partial charge in [-0.3, -0.25) is 0 Å². The fourth-order valence-corrected chi connectivity index (χ4v) is 2.70. The highest BCUT2D eigenvalue weighted by molar-refractivity contribution is 5.68. The van der Waals surface area contributed by atoms with E-state index in [-0.39, 0.29) is 5.41 Å². The Balaban J connectivity index is 1.83. The average molecular weight is 288 g/mol. The quantitative estimate of drug-likeness (QED) is 0.943. The van der Waals surface area contributed by atoms with Crippen molar-refractivity contribution in [1.29, 1.82) is 0 Å². The Morgan fingerprint density at radius 3 is 2.90 bits per heavy atom. The Kier molecular flexibility index (Phi) is 3.61. The van der Waals surface area contributed by atoms with E-state index in [0.717, 1.165) is 36.6 Å². The summed E-state index contributed by atoms with van der Waals surface area (Å²) in [6, 6.07) is 2.13. The monoisotopic (exact) mass is 288 g/mol. The molecule has 2 atom stereocenters. The summed E-state index contributed by atoms with van der Waals surface area (Å²) in [5.41, 5.74) is 2.15. The van der Waals surface area contributed by atoms with Crippen LogP contribution in [0.2, 0.25) is 0 Å². The molecule has 0 spiro atoms. The van der Waals surface area contributed by atoms with Crippen LogP contribution in [-0.2, 0) is 10.2 Å². The summed E-state index contributed by atoms with van der Waals surface area (Å²) < 4.78 is 7.52. The fourth-order valence-electron chi connectivity index (χ4n) is 2.70. The van der Waals surface area contributed by atoms with Gasteiger partial charge in [0.2, 0.25) is 0 Å². The predicted octanol–water partition coefficient (Wildman–Crippen LogP) is 2.86. The first kappa shape index (κ1) is 14.3. The minimum absolute atomic E-state index is 0.0388. The maximum Gasteiger partial charge on any atom is 0.152 e. The first-order valence-electron chi connectivity index (χ1n) is 7.65. The number of fused-ring (bicyclic) bond motifs is 1. The third kappa shape index (κ3) is 2.88. The Hall–Kier alpha value is -1.62. The Bertz CT molecular complexity index is 629. The van der Waals surface area contributed by atoms with E-state index in [1.165, 1.54) is 0 Å². The average Bonchev–Trinajstić information content (AvgIpc) is 3.02. The van der Waals surface area contributed by atoms with Crippen LogP contribution in [0.25, 0.3) is 5.52 Å². The third-order valence-corrected chi connectivity index (χ3v) is 4.22. The van der Waals surface area contributed by atoms with Gasteiger partial charge in [-0.25, -0.2) is 9.50 Å². The van der Waals surface area contributed by atoms with Crippen LogP contribution < -0.4 is 5.32 Å². The normalized spacial score (nSPS) is 22.9. The number of aromatic nitrogens is 3. The second-order valence-electron chi connectivity index (χ2n) is 6.89. The van der Waals surface area contributed by atoms with Gasteiger partial charge in [0.1, 0.15) is 5.52 Å². The van der Waals surface area contributed by atoms with Crippen molar-refractivity contribution < 1.29 is 4.74 Å². The molecule has 2 aromatic rings. The van der Waals surface area contributed by atoms with Crippen LogP contribution in [-0.4, -0.2) is 33.9 Å². The van der Waals surface area contributed by atoms with Crippen LogP contribution in [0.5, 0.6) is 0 Å². The summed E-state index contributed by atoms with van der Waals surface area (Å²) in [5.74, 6) is 1.46. The van der Waals surface area contributed by atoms with Crippen molar-refractivity contribution in [3.8, 4) is 0 Å². The molecule has 2 unspecified atom stereocenters. The number of nitrogens with zero attached hydrogens (tertiary/aromatic N) is 3. The summed E-state index contributed by atoms with van der Waals surface area (Å²) in [7, 11) is 0. The lowest BCUT2D eigenvalue weighted by Gasteiger charge is -2.15. The van der Waals surface area contributed by atoms with Gasteiger partial charge in [0.25, 0.3) is 0 Å². The summed E-state index contributed by atoms with van der Waals surface area (Å²) in [4.78, 5) is 4.48. The standard InChI is InChI=1S/C16H24N4O/c1-11-12(5-8-21-11)10-18-15-13-9-14(16(2,3)4)19-20(13)7-6-17-15/h6-7,9,11-12H,5,8,10H2,1-4H3,(H,17,18). The molecule has 1 saturated heterocycles. The number of rotatable bonds is 3. The van der Waals surface area contributed by atoms with Gasteiger partial charge in [-0.2, -0.15) is 5.10 Å². The van der Waals surface area contributed by atoms with Gasteiger partial charge in [0, 0.05) is 36.9 Å². The van der Waals surface area contributed by atoms with Crippen molar-refractivity contribution >= 4 is 11.3 Å². The summed E-state index contributed by atoms with van der Waals surface area (Å²) >= 11 is 0. The van der Waals surface area contributed by atoms with E-state index < -0.39 is 0 Å². The van der Waals surface area contributed by atoms with E-state index in [1.807, 2.05) is 10.7 Å². The van der Waals surface area contributed by atoms with Crippen molar-refractivity contribution in [2.75, 3.05) is 18.5 Å². The second-order valence-corrected chi connectivity index (χ2v) is 6.89. The van der Waals surface area contributed by atoms with Crippen molar-refractivity contribution in [2.24, 2.45) is 5.92 Å². The van der Waals surface area contributed by atoms with Crippen LogP contribution in [0, 0.1) is 5.92 Å². The zero-order chi connectivity index (χ0) is 15.0. The lowest BCUT2D eigenvalue weighted by Crippen LogP contribution is -2.21. The number of hydrogen-bond donors (Lipinski definition) is 1. The molecule has 0 radical (unpaired) electrons. The van der Waals surface area contributed by atoms with Crippen LogP contribution in [0.1, 0.15) is 39.8 Å². The maximum atomic E-state index is 5.61. The summed E-state index contributed by atoms with van der Waals surface area (Å²) in [6.45, 7) is 10.4. The number of nitrogens with one attached hydrogen (secondary N) is 1. The first-order chi connectivity index (χ1) is 9.95. The van der Waals surface area contributed by atoms with E-state index >= 15 is 0 Å². The molecule has 1 aliphatic heterocycles. The lowest BCUT2D eigenvalue weighted by atomic mass is 9.92. The molecule has 0 amide bonds. The topological polar surface area (TPSA) is 51.5 Å². The Morgan fingerprint density at radius 2 is 2.24 bits per heavy atom. The van der Waals surface area contributed by atoms with Crippen LogP contribution in [0.15, 0.2) is 18.5 Å². The summed E-state index contributed by atoms with van der Waals surface area (Å²) in [5, 5.41) is 8.12. The van der Waals surface area contributed by atoms with Crippen LogP contribution in [0.4, 0.5) is 5.82 Å². The molecule has 3 heterocycles. The van der Waals surface area contributed by atoms with Gasteiger partial charge < -0.3 is 10.1 Å². The molecule has 1 aliphatic rings. The van der Waals surface area contributed by atoms with Gasteiger partial charge in [0.05, 0.1) is 11.8 Å². The zero-order valence-electron chi connectivity index (χ0n) is 13.3. The molecule has 21 heavy (non-hydrogen) atoms. The van der Waals surface area contributed by atoms with Gasteiger partial charge in [-0.1, -0.05) is 20.8 Å². The van der Waals surface area contributed by atoms with Crippen molar-refractivity contribution in [1.82, 2.24) is 14.6 Å². The van der Waals surface area contributed by atoms with Crippen molar-refractivity contribution in [2.45, 2.75) is 45.6 Å². The Morgan fingerprint density at radius 1 is 1.43 bits per heavy atom. The molecule has 0 aliphatic carbocycles. The van der Waals surface area contributed by atoms with E-state index in [1.54, 1.807) is 6.20 Å². The molecule has 0 bridgehead atoms. The van der Waals surface area contributed by atoms with E-state index in [0.29, 0.717) is 12.0 Å². The zero-order valence-corrected chi connectivity index (χ0v) is 13.3. The van der Waals surface area contributed by atoms with Gasteiger partial charge in [-0.15, -0.1) is 0 Å². The van der Waals surface area contributed by atoms with Crippen molar-refractivity contribution in [3.63, 3.8) is 0 Å². The molecular formula is C16H24N4O. The van der Waals surface area contributed by atoms with Gasteiger partial charge in [-0.05, 0) is 19.4 Å². The molecule has 1 fully saturated rings. The Labute approximate surface area is 125 Å². The highest BCUT2D eigenvalue weighted by Gasteiger charge is 2.24. The minimum atomic E-state index is 0.0388. The molecule has 0 saturated carbocycles. The molecule has 5 nitrogen and oxygen atoms in total. The maximum absolute atomic E-state index is 5.61. The largest absolute Gasteiger partial charge is 0.378 e. The predicted molar refractivity (Wildman–Crippen MR) is 83.7 cm³/mol. The SMILES string of the molecule is CC1OCCC1CNc1nccn2nc(C(C)(C)C)cc12. The van der Waals surface area contributed by atoms with Gasteiger partial charge >= 0.3 is 0 Å².